The number of phenols is 1. The lowest BCUT2D eigenvalue weighted by Gasteiger charge is -2.54. The van der Waals surface area contributed by atoms with Crippen LogP contribution in [0.4, 0.5) is 0 Å². The molecular formula is C19H28N2O5S. The average molecular weight is 397 g/mol. The maximum Gasteiger partial charge on any atom is 0.281 e. The second-order valence-corrected chi connectivity index (χ2v) is 10.5. The van der Waals surface area contributed by atoms with E-state index in [0.717, 1.165) is 18.4 Å². The Morgan fingerprint density at radius 3 is 2.74 bits per heavy atom. The summed E-state index contributed by atoms with van der Waals surface area (Å²) in [6.45, 7) is 4.48. The zero-order valence-corrected chi connectivity index (χ0v) is 17.1. The molecule has 0 bridgehead atoms. The van der Waals surface area contributed by atoms with E-state index in [9.17, 15) is 13.5 Å². The molecule has 2 saturated heterocycles. The van der Waals surface area contributed by atoms with Crippen molar-refractivity contribution in [2.75, 3.05) is 20.6 Å². The molecule has 0 aromatic heterocycles. The fourth-order valence-electron chi connectivity index (χ4n) is 4.74. The number of hydrogen-bond donors (Lipinski definition) is 1. The van der Waals surface area contributed by atoms with Crippen molar-refractivity contribution in [2.45, 2.75) is 57.0 Å². The summed E-state index contributed by atoms with van der Waals surface area (Å²) in [5, 5.41) is 10.2. The normalized spacial score (nSPS) is 32.9. The van der Waals surface area contributed by atoms with Crippen LogP contribution in [0, 0.1) is 5.92 Å². The van der Waals surface area contributed by atoms with Crippen LogP contribution in [0.3, 0.4) is 0 Å². The molecule has 0 aliphatic carbocycles. The minimum atomic E-state index is -3.51. The number of benzene rings is 1. The molecule has 27 heavy (non-hydrogen) atoms. The quantitative estimate of drug-likeness (QED) is 0.830. The van der Waals surface area contributed by atoms with Crippen molar-refractivity contribution in [3.8, 4) is 11.5 Å². The summed E-state index contributed by atoms with van der Waals surface area (Å²) in [5.41, 5.74) is 0.275. The number of fused-ring (bicyclic) bond motifs is 4. The van der Waals surface area contributed by atoms with Gasteiger partial charge in [-0.05, 0) is 39.2 Å². The third-order valence-electron chi connectivity index (χ3n) is 6.20. The predicted octanol–water partition coefficient (Wildman–Crippen LogP) is 2.28. The van der Waals surface area contributed by atoms with E-state index in [1.165, 1.54) is 4.31 Å². The number of rotatable bonds is 2. The van der Waals surface area contributed by atoms with Gasteiger partial charge in [-0.15, -0.1) is 0 Å². The lowest BCUT2D eigenvalue weighted by molar-refractivity contribution is -0.180. The molecule has 3 aliphatic rings. The van der Waals surface area contributed by atoms with Crippen LogP contribution in [0.15, 0.2) is 18.2 Å². The van der Waals surface area contributed by atoms with E-state index in [0.29, 0.717) is 18.7 Å². The molecule has 0 spiro atoms. The summed E-state index contributed by atoms with van der Waals surface area (Å²) in [7, 11) is -0.372. The number of piperidine rings is 1. The van der Waals surface area contributed by atoms with Crippen molar-refractivity contribution < 1.29 is 23.0 Å². The number of hydrogen-bond acceptors (Lipinski definition) is 5. The number of nitrogens with zero attached hydrogens (tertiary/aromatic N) is 2. The lowest BCUT2D eigenvalue weighted by Crippen LogP contribution is -2.61. The fourth-order valence-corrected chi connectivity index (χ4v) is 6.08. The molecule has 1 N–H and O–H groups in total. The summed E-state index contributed by atoms with van der Waals surface area (Å²) in [6.07, 6.45) is 1.92. The molecule has 0 amide bonds. The van der Waals surface area contributed by atoms with Crippen LogP contribution in [0.5, 0.6) is 11.5 Å². The van der Waals surface area contributed by atoms with Crippen LogP contribution < -0.4 is 4.74 Å². The van der Waals surface area contributed by atoms with Gasteiger partial charge in [0.15, 0.2) is 11.5 Å². The number of phenolic OH excluding ortho intramolecular Hbond substituents is 1. The molecule has 0 radical (unpaired) electrons. The Hall–Kier alpha value is -1.35. The van der Waals surface area contributed by atoms with Crippen molar-refractivity contribution >= 4 is 10.2 Å². The Bertz CT molecular complexity index is 839. The molecule has 4 rings (SSSR count). The van der Waals surface area contributed by atoms with Crippen molar-refractivity contribution in [3.63, 3.8) is 0 Å². The summed E-state index contributed by atoms with van der Waals surface area (Å²) >= 11 is 0. The van der Waals surface area contributed by atoms with Gasteiger partial charge in [-0.1, -0.05) is 12.1 Å². The van der Waals surface area contributed by atoms with Gasteiger partial charge < -0.3 is 14.6 Å². The van der Waals surface area contributed by atoms with Crippen LogP contribution in [0.25, 0.3) is 0 Å². The largest absolute Gasteiger partial charge is 0.504 e. The van der Waals surface area contributed by atoms with Crippen molar-refractivity contribution in [1.82, 2.24) is 8.61 Å². The summed E-state index contributed by atoms with van der Waals surface area (Å²) in [4.78, 5) is 0. The Labute approximate surface area is 161 Å². The fraction of sp³-hybridized carbons (Fsp3) is 0.684. The minimum absolute atomic E-state index is 0.00832. The van der Waals surface area contributed by atoms with Gasteiger partial charge in [0, 0.05) is 32.1 Å². The van der Waals surface area contributed by atoms with Gasteiger partial charge in [-0.25, -0.2) is 0 Å². The Morgan fingerprint density at radius 1 is 1.30 bits per heavy atom. The van der Waals surface area contributed by atoms with E-state index >= 15 is 0 Å². The van der Waals surface area contributed by atoms with Crippen LogP contribution in [0.2, 0.25) is 0 Å². The van der Waals surface area contributed by atoms with E-state index in [1.54, 1.807) is 30.5 Å². The third kappa shape index (κ3) is 2.93. The van der Waals surface area contributed by atoms with Crippen LogP contribution in [-0.2, 0) is 14.9 Å². The molecule has 3 heterocycles. The molecule has 150 valence electrons. The smallest absolute Gasteiger partial charge is 0.281 e. The molecule has 3 aliphatic heterocycles. The zero-order chi connectivity index (χ0) is 19.6. The molecule has 0 saturated carbocycles. The summed E-state index contributed by atoms with van der Waals surface area (Å²) in [5.74, 6) is 0.590. The van der Waals surface area contributed by atoms with E-state index in [1.807, 2.05) is 19.9 Å². The monoisotopic (exact) mass is 396 g/mol. The second kappa shape index (κ2) is 6.34. The minimum Gasteiger partial charge on any atom is -0.504 e. The summed E-state index contributed by atoms with van der Waals surface area (Å²) in [6, 6.07) is 5.15. The molecule has 8 heteroatoms. The molecule has 1 aromatic carbocycles. The Morgan fingerprint density at radius 2 is 2.04 bits per heavy atom. The van der Waals surface area contributed by atoms with Crippen molar-refractivity contribution in [1.29, 1.82) is 0 Å². The maximum atomic E-state index is 12.8. The first-order valence-corrected chi connectivity index (χ1v) is 10.9. The van der Waals surface area contributed by atoms with Crippen LogP contribution in [-0.4, -0.2) is 60.5 Å². The molecule has 1 aromatic rings. The predicted molar refractivity (Wildman–Crippen MR) is 101 cm³/mol. The van der Waals surface area contributed by atoms with Gasteiger partial charge in [-0.2, -0.15) is 17.0 Å². The molecule has 4 atom stereocenters. The van der Waals surface area contributed by atoms with Crippen molar-refractivity contribution in [2.24, 2.45) is 5.92 Å². The van der Waals surface area contributed by atoms with Crippen molar-refractivity contribution in [3.05, 3.63) is 23.8 Å². The highest BCUT2D eigenvalue weighted by Crippen LogP contribution is 2.54. The SMILES string of the molecule is CN(C)S(=O)(=O)N1CCC[C@H]2O[C@H]3c4cccc(O)c4OC(C)(C)[C@@H]3C[C@H]21. The summed E-state index contributed by atoms with van der Waals surface area (Å²) < 4.78 is 41.2. The van der Waals surface area contributed by atoms with E-state index in [2.05, 4.69) is 0 Å². The van der Waals surface area contributed by atoms with E-state index in [-0.39, 0.29) is 29.9 Å². The molecule has 7 nitrogen and oxygen atoms in total. The van der Waals surface area contributed by atoms with Crippen LogP contribution in [0.1, 0.15) is 44.8 Å². The Kier molecular flexibility index (Phi) is 4.46. The molecule has 2 fully saturated rings. The average Bonchev–Trinajstić information content (AvgIpc) is 2.60. The number of para-hydroxylation sites is 1. The third-order valence-corrected chi connectivity index (χ3v) is 8.16. The standard InChI is InChI=1S/C19H28N2O5S/c1-19(2)13-11-14-16(9-6-10-21(14)27(23,24)20(3)4)25-17(13)12-7-5-8-15(22)18(12)26-19/h5,7-8,13-14,16-17,22H,6,9-11H2,1-4H3/t13-,14-,16-,17+/m1/s1. The highest BCUT2D eigenvalue weighted by molar-refractivity contribution is 7.86. The topological polar surface area (TPSA) is 79.3 Å². The van der Waals surface area contributed by atoms with Crippen LogP contribution >= 0.6 is 0 Å². The zero-order valence-electron chi connectivity index (χ0n) is 16.3. The van der Waals surface area contributed by atoms with Gasteiger partial charge in [0.25, 0.3) is 10.2 Å². The highest BCUT2D eigenvalue weighted by Gasteiger charge is 2.54. The first-order valence-electron chi connectivity index (χ1n) is 9.48. The van der Waals surface area contributed by atoms with Gasteiger partial charge in [0.1, 0.15) is 5.60 Å². The van der Waals surface area contributed by atoms with Gasteiger partial charge in [0.2, 0.25) is 0 Å². The van der Waals surface area contributed by atoms with Gasteiger partial charge >= 0.3 is 0 Å². The second-order valence-electron chi connectivity index (χ2n) is 8.45. The molecule has 0 unspecified atom stereocenters. The first-order chi connectivity index (χ1) is 12.6. The van der Waals surface area contributed by atoms with Gasteiger partial charge in [-0.3, -0.25) is 0 Å². The molecular weight excluding hydrogens is 368 g/mol. The number of aromatic hydroxyl groups is 1. The maximum absolute atomic E-state index is 12.8. The van der Waals surface area contributed by atoms with Gasteiger partial charge in [0.05, 0.1) is 18.2 Å². The first kappa shape index (κ1) is 19.0. The van der Waals surface area contributed by atoms with E-state index < -0.39 is 15.8 Å². The highest BCUT2D eigenvalue weighted by atomic mass is 32.2. The van der Waals surface area contributed by atoms with E-state index in [4.69, 9.17) is 9.47 Å². The Balaban J connectivity index is 1.72. The lowest BCUT2D eigenvalue weighted by atomic mass is 9.73. The number of ether oxygens (including phenoxy) is 2.